The highest BCUT2D eigenvalue weighted by molar-refractivity contribution is 5.99. The lowest BCUT2D eigenvalue weighted by Gasteiger charge is -2.32. The van der Waals surface area contributed by atoms with E-state index in [2.05, 4.69) is 29.3 Å². The van der Waals surface area contributed by atoms with E-state index in [0.717, 1.165) is 50.6 Å². The summed E-state index contributed by atoms with van der Waals surface area (Å²) >= 11 is 0. The fourth-order valence-electron chi connectivity index (χ4n) is 4.19. The van der Waals surface area contributed by atoms with Gasteiger partial charge in [-0.3, -0.25) is 9.59 Å². The van der Waals surface area contributed by atoms with Crippen molar-refractivity contribution in [2.75, 3.05) is 36.4 Å². The molecule has 1 saturated carbocycles. The molecule has 1 aromatic carbocycles. The Hall–Kier alpha value is -2.04. The smallest absolute Gasteiger partial charge is 0.228 e. The molecule has 2 saturated heterocycles. The molecule has 0 aromatic heterocycles. The fourth-order valence-corrected chi connectivity index (χ4v) is 4.19. The van der Waals surface area contributed by atoms with Crippen molar-refractivity contribution in [2.45, 2.75) is 39.0 Å². The Morgan fingerprint density at radius 2 is 1.62 bits per heavy atom. The molecule has 3 fully saturated rings. The van der Waals surface area contributed by atoms with Crippen LogP contribution in [0.15, 0.2) is 24.3 Å². The van der Waals surface area contributed by atoms with E-state index in [-0.39, 0.29) is 23.7 Å². The molecular formula is C21H29N3O2. The summed E-state index contributed by atoms with van der Waals surface area (Å²) in [7, 11) is 0. The molecule has 4 rings (SSSR count). The fraction of sp³-hybridized carbons (Fsp3) is 0.619. The quantitative estimate of drug-likeness (QED) is 0.903. The predicted octanol–water partition coefficient (Wildman–Crippen LogP) is 3.12. The van der Waals surface area contributed by atoms with Crippen molar-refractivity contribution in [3.05, 3.63) is 24.3 Å². The number of nitrogens with zero attached hydrogens (tertiary/aromatic N) is 2. The number of benzene rings is 1. The molecular weight excluding hydrogens is 326 g/mol. The molecule has 1 aliphatic carbocycles. The Bertz CT molecular complexity index is 658. The van der Waals surface area contributed by atoms with Crippen LogP contribution < -0.4 is 10.2 Å². The third kappa shape index (κ3) is 3.71. The van der Waals surface area contributed by atoms with Gasteiger partial charge in [0.1, 0.15) is 0 Å². The third-order valence-electron chi connectivity index (χ3n) is 6.15. The van der Waals surface area contributed by atoms with Gasteiger partial charge in [0.25, 0.3) is 0 Å². The molecule has 26 heavy (non-hydrogen) atoms. The lowest BCUT2D eigenvalue weighted by molar-refractivity contribution is -0.133. The molecule has 0 spiro atoms. The Labute approximate surface area is 155 Å². The first kappa shape index (κ1) is 17.4. The number of carbonyl (C=O) groups excluding carboxylic acids is 2. The molecule has 140 valence electrons. The van der Waals surface area contributed by atoms with Gasteiger partial charge in [0.15, 0.2) is 0 Å². The maximum Gasteiger partial charge on any atom is 0.228 e. The van der Waals surface area contributed by atoms with E-state index in [1.807, 2.05) is 17.0 Å². The minimum absolute atomic E-state index is 0.0119. The van der Waals surface area contributed by atoms with Gasteiger partial charge < -0.3 is 15.1 Å². The number of likely N-dealkylation sites (tertiary alicyclic amines) is 1. The Kier molecular flexibility index (Phi) is 4.88. The summed E-state index contributed by atoms with van der Waals surface area (Å²) in [6.45, 7) is 6.25. The number of hydrogen-bond acceptors (Lipinski definition) is 3. The summed E-state index contributed by atoms with van der Waals surface area (Å²) in [5.41, 5.74) is 2.05. The van der Waals surface area contributed by atoms with E-state index < -0.39 is 0 Å². The van der Waals surface area contributed by atoms with Gasteiger partial charge in [0.05, 0.1) is 11.8 Å². The largest absolute Gasteiger partial charge is 0.372 e. The van der Waals surface area contributed by atoms with Crippen LogP contribution in [0.2, 0.25) is 0 Å². The first-order valence-electron chi connectivity index (χ1n) is 10.1. The minimum atomic E-state index is -0.147. The molecule has 2 heterocycles. The second-order valence-electron chi connectivity index (χ2n) is 8.19. The minimum Gasteiger partial charge on any atom is -0.372 e. The number of anilines is 2. The van der Waals surface area contributed by atoms with E-state index in [1.165, 1.54) is 18.5 Å². The van der Waals surface area contributed by atoms with Crippen LogP contribution in [0.4, 0.5) is 11.4 Å². The van der Waals surface area contributed by atoms with Gasteiger partial charge in [-0.15, -0.1) is 0 Å². The summed E-state index contributed by atoms with van der Waals surface area (Å²) in [6.07, 6.45) is 5.37. The highest BCUT2D eigenvalue weighted by atomic mass is 16.2. The van der Waals surface area contributed by atoms with Gasteiger partial charge in [-0.1, -0.05) is 6.92 Å². The van der Waals surface area contributed by atoms with Gasteiger partial charge >= 0.3 is 0 Å². The number of piperidine rings is 1. The standard InChI is InChI=1S/C21H29N3O2/c1-15-8-12-23(13-9-15)17-6-4-16(5-7-17)22-20(25)18-14-19(18)21(26)24-10-2-3-11-24/h4-7,15,18-19H,2-3,8-14H2,1H3,(H,22,25). The van der Waals surface area contributed by atoms with Crippen LogP contribution in [-0.2, 0) is 9.59 Å². The van der Waals surface area contributed by atoms with Crippen molar-refractivity contribution in [1.82, 2.24) is 4.90 Å². The second-order valence-corrected chi connectivity index (χ2v) is 8.19. The Morgan fingerprint density at radius 1 is 0.962 bits per heavy atom. The molecule has 1 aromatic rings. The van der Waals surface area contributed by atoms with E-state index in [0.29, 0.717) is 6.42 Å². The molecule has 3 aliphatic rings. The summed E-state index contributed by atoms with van der Waals surface area (Å²) in [4.78, 5) is 29.1. The molecule has 1 N–H and O–H groups in total. The number of carbonyl (C=O) groups is 2. The SMILES string of the molecule is CC1CCN(c2ccc(NC(=O)C3CC3C(=O)N3CCCC3)cc2)CC1. The molecule has 2 unspecified atom stereocenters. The van der Waals surface area contributed by atoms with Crippen LogP contribution >= 0.6 is 0 Å². The Balaban J connectivity index is 1.29. The summed E-state index contributed by atoms with van der Waals surface area (Å²) in [6, 6.07) is 8.13. The molecule has 0 radical (unpaired) electrons. The van der Waals surface area contributed by atoms with Crippen molar-refractivity contribution in [3.8, 4) is 0 Å². The van der Waals surface area contributed by atoms with Gasteiger partial charge in [-0.2, -0.15) is 0 Å². The molecule has 5 heteroatoms. The molecule has 5 nitrogen and oxygen atoms in total. The van der Waals surface area contributed by atoms with Crippen LogP contribution in [-0.4, -0.2) is 42.9 Å². The monoisotopic (exact) mass is 355 g/mol. The summed E-state index contributed by atoms with van der Waals surface area (Å²) in [5, 5.41) is 2.99. The second kappa shape index (κ2) is 7.29. The van der Waals surface area contributed by atoms with Gasteiger partial charge in [0.2, 0.25) is 11.8 Å². The summed E-state index contributed by atoms with van der Waals surface area (Å²) < 4.78 is 0. The number of hydrogen-bond donors (Lipinski definition) is 1. The molecule has 2 atom stereocenters. The zero-order valence-corrected chi connectivity index (χ0v) is 15.6. The zero-order chi connectivity index (χ0) is 18.1. The lowest BCUT2D eigenvalue weighted by atomic mass is 9.99. The van der Waals surface area contributed by atoms with Crippen LogP contribution in [0.5, 0.6) is 0 Å². The zero-order valence-electron chi connectivity index (χ0n) is 15.6. The topological polar surface area (TPSA) is 52.7 Å². The van der Waals surface area contributed by atoms with Crippen LogP contribution in [0.3, 0.4) is 0 Å². The average molecular weight is 355 g/mol. The van der Waals surface area contributed by atoms with E-state index >= 15 is 0 Å². The maximum absolute atomic E-state index is 12.4. The van der Waals surface area contributed by atoms with Crippen LogP contribution in [0.25, 0.3) is 0 Å². The summed E-state index contributed by atoms with van der Waals surface area (Å²) in [5.74, 6) is 0.744. The van der Waals surface area contributed by atoms with Crippen molar-refractivity contribution in [3.63, 3.8) is 0 Å². The highest BCUT2D eigenvalue weighted by Crippen LogP contribution is 2.41. The van der Waals surface area contributed by atoms with E-state index in [9.17, 15) is 9.59 Å². The predicted molar refractivity (Wildman–Crippen MR) is 103 cm³/mol. The first-order chi connectivity index (χ1) is 12.6. The first-order valence-corrected chi connectivity index (χ1v) is 10.1. The van der Waals surface area contributed by atoms with Crippen molar-refractivity contribution in [1.29, 1.82) is 0 Å². The number of nitrogens with one attached hydrogen (secondary N) is 1. The maximum atomic E-state index is 12.4. The average Bonchev–Trinajstić information content (AvgIpc) is 3.27. The van der Waals surface area contributed by atoms with Crippen LogP contribution in [0.1, 0.15) is 39.0 Å². The highest BCUT2D eigenvalue weighted by Gasteiger charge is 2.49. The molecule has 0 bridgehead atoms. The van der Waals surface area contributed by atoms with Gasteiger partial charge in [-0.25, -0.2) is 0 Å². The number of rotatable bonds is 4. The van der Waals surface area contributed by atoms with E-state index in [1.54, 1.807) is 0 Å². The number of amides is 2. The van der Waals surface area contributed by atoms with Crippen molar-refractivity contribution < 1.29 is 9.59 Å². The van der Waals surface area contributed by atoms with Gasteiger partial charge in [-0.05, 0) is 62.3 Å². The van der Waals surface area contributed by atoms with Crippen molar-refractivity contribution in [2.24, 2.45) is 17.8 Å². The normalized spacial score (nSPS) is 26.0. The Morgan fingerprint density at radius 3 is 2.27 bits per heavy atom. The lowest BCUT2D eigenvalue weighted by Crippen LogP contribution is -2.32. The molecule has 2 aliphatic heterocycles. The van der Waals surface area contributed by atoms with Crippen molar-refractivity contribution >= 4 is 23.2 Å². The van der Waals surface area contributed by atoms with E-state index in [4.69, 9.17) is 0 Å². The molecule has 2 amide bonds. The third-order valence-corrected chi connectivity index (χ3v) is 6.15. The van der Waals surface area contributed by atoms with Gasteiger partial charge in [0, 0.05) is 37.6 Å². The van der Waals surface area contributed by atoms with Crippen LogP contribution in [0, 0.1) is 17.8 Å².